The van der Waals surface area contributed by atoms with Gasteiger partial charge in [-0.2, -0.15) is 0 Å². The molecule has 2 N–H and O–H groups in total. The van der Waals surface area contributed by atoms with Crippen LogP contribution in [-0.4, -0.2) is 50.1 Å². The molecule has 0 aliphatic heterocycles. The Morgan fingerprint density at radius 3 is 2.11 bits per heavy atom. The number of carbonyl (C=O) groups excluding carboxylic acids is 1. The number of ether oxygens (including phenoxy) is 2. The van der Waals surface area contributed by atoms with Gasteiger partial charge in [-0.1, -0.05) is 48.8 Å². The molecule has 0 heterocycles. The number of methoxy groups -OCH3 is 2. The third-order valence-corrected chi connectivity index (χ3v) is 6.95. The molecular formula is C28H36N2O6. The maximum atomic E-state index is 13.1. The van der Waals surface area contributed by atoms with Crippen molar-refractivity contribution in [3.8, 4) is 22.6 Å². The number of carboxylic acid groups (broad SMARTS) is 1. The molecule has 194 valence electrons. The molecule has 1 amide bonds. The Balaban J connectivity index is 1.73. The van der Waals surface area contributed by atoms with Crippen molar-refractivity contribution in [2.45, 2.75) is 51.5 Å². The summed E-state index contributed by atoms with van der Waals surface area (Å²) in [6.45, 7) is 2.18. The first-order valence-electron chi connectivity index (χ1n) is 12.4. The van der Waals surface area contributed by atoms with Crippen LogP contribution in [0.4, 0.5) is 0 Å². The van der Waals surface area contributed by atoms with Crippen molar-refractivity contribution in [2.24, 2.45) is 17.0 Å². The van der Waals surface area contributed by atoms with E-state index in [2.05, 4.69) is 17.4 Å². The quantitative estimate of drug-likeness (QED) is 0.345. The molecule has 8 nitrogen and oxygen atoms in total. The molecule has 36 heavy (non-hydrogen) atoms. The molecule has 0 bridgehead atoms. The molecule has 0 unspecified atom stereocenters. The van der Waals surface area contributed by atoms with E-state index in [1.54, 1.807) is 14.2 Å². The van der Waals surface area contributed by atoms with Gasteiger partial charge in [0, 0.05) is 12.3 Å². The second-order valence-corrected chi connectivity index (χ2v) is 9.09. The predicted molar refractivity (Wildman–Crippen MR) is 138 cm³/mol. The summed E-state index contributed by atoms with van der Waals surface area (Å²) in [7, 11) is 4.60. The van der Waals surface area contributed by atoms with Gasteiger partial charge in [-0.05, 0) is 54.9 Å². The van der Waals surface area contributed by atoms with Crippen LogP contribution < -0.4 is 14.8 Å². The number of hydrogen-bond acceptors (Lipinski definition) is 6. The van der Waals surface area contributed by atoms with Crippen molar-refractivity contribution < 1.29 is 29.0 Å². The van der Waals surface area contributed by atoms with E-state index in [0.29, 0.717) is 17.4 Å². The van der Waals surface area contributed by atoms with Crippen LogP contribution in [-0.2, 0) is 20.8 Å². The number of carboxylic acids is 1. The van der Waals surface area contributed by atoms with Gasteiger partial charge in [0.25, 0.3) is 5.91 Å². The topological polar surface area (TPSA) is 106 Å². The Bertz CT molecular complexity index is 1040. The summed E-state index contributed by atoms with van der Waals surface area (Å²) in [5, 5.41) is 16.5. The predicted octanol–water partition coefficient (Wildman–Crippen LogP) is 4.70. The van der Waals surface area contributed by atoms with Gasteiger partial charge in [-0.15, -0.1) is 0 Å². The van der Waals surface area contributed by atoms with Crippen molar-refractivity contribution in [3.05, 3.63) is 48.0 Å². The second kappa shape index (κ2) is 13.0. The summed E-state index contributed by atoms with van der Waals surface area (Å²) in [6.07, 6.45) is 5.01. The molecule has 0 spiro atoms. The standard InChI is InChI=1S/C28H36N2O6/c1-5-18-9-15-21(16-10-18)26(30-36-4)27(31)29-22(28(32)33)17-19-11-13-20(14-12-19)25-23(34-2)7-6-8-24(25)35-3/h6-8,11-14,18,21-22H,5,9-10,15-17H2,1-4H3,(H,29,31)(H,32,33)/t18?,21?,22-/m0/s1. The van der Waals surface area contributed by atoms with E-state index >= 15 is 0 Å². The van der Waals surface area contributed by atoms with Crippen LogP contribution in [0.2, 0.25) is 0 Å². The third-order valence-electron chi connectivity index (χ3n) is 6.95. The lowest BCUT2D eigenvalue weighted by Gasteiger charge is -2.28. The maximum absolute atomic E-state index is 13.1. The van der Waals surface area contributed by atoms with Gasteiger partial charge in [-0.3, -0.25) is 4.79 Å². The molecule has 0 saturated heterocycles. The monoisotopic (exact) mass is 496 g/mol. The highest BCUT2D eigenvalue weighted by Gasteiger charge is 2.31. The molecule has 1 fully saturated rings. The summed E-state index contributed by atoms with van der Waals surface area (Å²) in [5.41, 5.74) is 2.74. The van der Waals surface area contributed by atoms with Gasteiger partial charge in [0.2, 0.25) is 0 Å². The first-order valence-corrected chi connectivity index (χ1v) is 12.4. The molecule has 1 aliphatic carbocycles. The van der Waals surface area contributed by atoms with Crippen molar-refractivity contribution in [1.82, 2.24) is 5.32 Å². The molecule has 1 atom stereocenters. The lowest BCUT2D eigenvalue weighted by atomic mass is 9.78. The summed E-state index contributed by atoms with van der Waals surface area (Å²) in [5.74, 6) is 0.396. The van der Waals surface area contributed by atoms with Crippen LogP contribution in [0.15, 0.2) is 47.6 Å². The van der Waals surface area contributed by atoms with E-state index in [1.807, 2.05) is 42.5 Å². The summed E-state index contributed by atoms with van der Waals surface area (Å²) in [6, 6.07) is 11.9. The van der Waals surface area contributed by atoms with Crippen molar-refractivity contribution >= 4 is 17.6 Å². The van der Waals surface area contributed by atoms with E-state index in [1.165, 1.54) is 7.11 Å². The molecule has 1 saturated carbocycles. The number of oxime groups is 1. The third kappa shape index (κ3) is 6.56. The van der Waals surface area contributed by atoms with Gasteiger partial charge in [0.1, 0.15) is 30.4 Å². The van der Waals surface area contributed by atoms with Crippen LogP contribution in [0.5, 0.6) is 11.5 Å². The zero-order valence-electron chi connectivity index (χ0n) is 21.5. The highest BCUT2D eigenvalue weighted by molar-refractivity contribution is 6.39. The Kier molecular flexibility index (Phi) is 9.73. The number of carbonyl (C=O) groups is 2. The summed E-state index contributed by atoms with van der Waals surface area (Å²) < 4.78 is 11.0. The van der Waals surface area contributed by atoms with Crippen molar-refractivity contribution in [3.63, 3.8) is 0 Å². The smallest absolute Gasteiger partial charge is 0.326 e. The minimum absolute atomic E-state index is 0.0303. The highest BCUT2D eigenvalue weighted by atomic mass is 16.6. The second-order valence-electron chi connectivity index (χ2n) is 9.09. The Morgan fingerprint density at radius 1 is 1.00 bits per heavy atom. The van der Waals surface area contributed by atoms with Gasteiger partial charge in [-0.25, -0.2) is 4.79 Å². The lowest BCUT2D eigenvalue weighted by molar-refractivity contribution is -0.141. The minimum Gasteiger partial charge on any atom is -0.496 e. The van der Waals surface area contributed by atoms with E-state index in [9.17, 15) is 14.7 Å². The molecule has 2 aromatic rings. The normalized spacial score (nSPS) is 18.7. The number of aliphatic carboxylic acids is 1. The first kappa shape index (κ1) is 27.0. The number of hydrogen-bond donors (Lipinski definition) is 2. The van der Waals surface area contributed by atoms with Gasteiger partial charge >= 0.3 is 5.97 Å². The molecular weight excluding hydrogens is 460 g/mol. The summed E-state index contributed by atoms with van der Waals surface area (Å²) >= 11 is 0. The summed E-state index contributed by atoms with van der Waals surface area (Å²) in [4.78, 5) is 30.0. The Morgan fingerprint density at radius 2 is 1.61 bits per heavy atom. The number of benzene rings is 2. The lowest BCUT2D eigenvalue weighted by Crippen LogP contribution is -2.47. The maximum Gasteiger partial charge on any atom is 0.326 e. The molecule has 2 aromatic carbocycles. The average molecular weight is 497 g/mol. The molecule has 0 aromatic heterocycles. The minimum atomic E-state index is -1.11. The van der Waals surface area contributed by atoms with Crippen LogP contribution in [0.1, 0.15) is 44.6 Å². The highest BCUT2D eigenvalue weighted by Crippen LogP contribution is 2.38. The Hall–Kier alpha value is -3.55. The zero-order valence-corrected chi connectivity index (χ0v) is 21.5. The van der Waals surface area contributed by atoms with Crippen LogP contribution in [0.25, 0.3) is 11.1 Å². The average Bonchev–Trinajstić information content (AvgIpc) is 2.91. The Labute approximate surface area is 212 Å². The molecule has 3 rings (SSSR count). The van der Waals surface area contributed by atoms with Crippen LogP contribution >= 0.6 is 0 Å². The molecule has 1 aliphatic rings. The SMILES string of the molecule is CCC1CCC(C(=NOC)C(=O)N[C@@H](Cc2ccc(-c3c(OC)cccc3OC)cc2)C(=O)O)CC1. The molecule has 0 radical (unpaired) electrons. The van der Waals surface area contributed by atoms with E-state index in [4.69, 9.17) is 14.3 Å². The van der Waals surface area contributed by atoms with E-state index < -0.39 is 17.9 Å². The fourth-order valence-corrected chi connectivity index (χ4v) is 4.86. The van der Waals surface area contributed by atoms with E-state index in [0.717, 1.165) is 48.8 Å². The van der Waals surface area contributed by atoms with Crippen molar-refractivity contribution in [1.29, 1.82) is 0 Å². The van der Waals surface area contributed by atoms with Gasteiger partial charge < -0.3 is 24.7 Å². The van der Waals surface area contributed by atoms with E-state index in [-0.39, 0.29) is 18.1 Å². The van der Waals surface area contributed by atoms with Crippen LogP contribution in [0.3, 0.4) is 0 Å². The van der Waals surface area contributed by atoms with Gasteiger partial charge in [0.05, 0.1) is 19.8 Å². The fraction of sp³-hybridized carbons (Fsp3) is 0.464. The fourth-order valence-electron chi connectivity index (χ4n) is 4.86. The number of nitrogens with zero attached hydrogens (tertiary/aromatic N) is 1. The zero-order chi connectivity index (χ0) is 26.1. The first-order chi connectivity index (χ1) is 17.4. The number of nitrogens with one attached hydrogen (secondary N) is 1. The van der Waals surface area contributed by atoms with Crippen LogP contribution in [0, 0.1) is 11.8 Å². The van der Waals surface area contributed by atoms with Crippen molar-refractivity contribution in [2.75, 3.05) is 21.3 Å². The molecule has 8 heteroatoms. The largest absolute Gasteiger partial charge is 0.496 e. The number of rotatable bonds is 11. The van der Waals surface area contributed by atoms with Gasteiger partial charge in [0.15, 0.2) is 0 Å². The number of amides is 1.